The van der Waals surface area contributed by atoms with Crippen LogP contribution in [0.25, 0.3) is 44.2 Å². The lowest BCUT2D eigenvalue weighted by atomic mass is 9.66. The largest absolute Gasteiger partial charge is 0.309 e. The Morgan fingerprint density at radius 1 is 0.350 bits per heavy atom. The Balaban J connectivity index is 1.25. The smallest absolute Gasteiger partial charge is 0.0720 e. The molecule has 286 valence electrons. The van der Waals surface area contributed by atoms with Crippen LogP contribution in [0, 0.1) is 0 Å². The first-order valence-electron chi connectivity index (χ1n) is 21.4. The third kappa shape index (κ3) is 4.53. The Kier molecular flexibility index (Phi) is 7.31. The molecule has 0 saturated carbocycles. The summed E-state index contributed by atoms with van der Waals surface area (Å²) in [6, 6.07) is 75.5. The van der Waals surface area contributed by atoms with E-state index in [0.29, 0.717) is 0 Å². The van der Waals surface area contributed by atoms with Crippen molar-refractivity contribution in [1.29, 1.82) is 0 Å². The second-order valence-corrected chi connectivity index (χ2v) is 18.0. The van der Waals surface area contributed by atoms with Crippen molar-refractivity contribution in [3.63, 3.8) is 0 Å². The maximum Gasteiger partial charge on any atom is 0.0720 e. The van der Waals surface area contributed by atoms with Crippen LogP contribution in [0.5, 0.6) is 0 Å². The molecule has 0 aromatic heterocycles. The minimum atomic E-state index is -0.565. The van der Waals surface area contributed by atoms with Crippen molar-refractivity contribution in [1.82, 2.24) is 0 Å². The molecule has 0 saturated heterocycles. The second kappa shape index (κ2) is 12.5. The summed E-state index contributed by atoms with van der Waals surface area (Å²) in [7, 11) is 0. The number of rotatable bonds is 5. The van der Waals surface area contributed by atoms with Gasteiger partial charge in [0, 0.05) is 27.6 Å². The molecular weight excluding hydrogens is 723 g/mol. The van der Waals surface area contributed by atoms with Crippen LogP contribution < -0.4 is 4.90 Å². The average molecular weight is 768 g/mol. The first kappa shape index (κ1) is 35.0. The van der Waals surface area contributed by atoms with Crippen LogP contribution in [-0.2, 0) is 16.2 Å². The summed E-state index contributed by atoms with van der Waals surface area (Å²) in [6.07, 6.45) is 0. The Morgan fingerprint density at radius 3 is 1.57 bits per heavy atom. The number of hydrogen-bond acceptors (Lipinski definition) is 1. The molecule has 0 radical (unpaired) electrons. The molecule has 0 unspecified atom stereocenters. The molecule has 0 aliphatic heterocycles. The fourth-order valence-corrected chi connectivity index (χ4v) is 11.6. The van der Waals surface area contributed by atoms with E-state index in [1.165, 1.54) is 100 Å². The van der Waals surface area contributed by atoms with Gasteiger partial charge in [-0.1, -0.05) is 204 Å². The molecule has 0 amide bonds. The van der Waals surface area contributed by atoms with Gasteiger partial charge in [-0.3, -0.25) is 0 Å². The molecule has 0 atom stereocenters. The van der Waals surface area contributed by atoms with E-state index >= 15 is 0 Å². The summed E-state index contributed by atoms with van der Waals surface area (Å²) in [6.45, 7) is 9.56. The predicted octanol–water partition coefficient (Wildman–Crippen LogP) is 15.3. The average Bonchev–Trinajstić information content (AvgIpc) is 3.83. The minimum absolute atomic E-state index is 0.150. The number of nitrogens with zero attached hydrogens (tertiary/aromatic N) is 1. The summed E-state index contributed by atoms with van der Waals surface area (Å²) in [5.41, 5.74) is 21.2. The number of hydrogen-bond donors (Lipinski definition) is 0. The third-order valence-corrected chi connectivity index (χ3v) is 14.3. The lowest BCUT2D eigenvalue weighted by molar-refractivity contribution is 0.660. The van der Waals surface area contributed by atoms with Gasteiger partial charge in [-0.05, 0) is 102 Å². The fraction of sp³-hybridized carbons (Fsp3) is 0.119. The van der Waals surface area contributed by atoms with Gasteiger partial charge in [0.15, 0.2) is 0 Å². The summed E-state index contributed by atoms with van der Waals surface area (Å²) in [5.74, 6) is 0. The molecule has 0 fully saturated rings. The zero-order valence-corrected chi connectivity index (χ0v) is 34.5. The monoisotopic (exact) mass is 767 g/mol. The van der Waals surface area contributed by atoms with E-state index in [1.54, 1.807) is 0 Å². The zero-order valence-electron chi connectivity index (χ0n) is 34.5. The molecule has 1 nitrogen and oxygen atoms in total. The molecule has 60 heavy (non-hydrogen) atoms. The van der Waals surface area contributed by atoms with Crippen LogP contribution in [0.15, 0.2) is 200 Å². The van der Waals surface area contributed by atoms with Gasteiger partial charge in [-0.2, -0.15) is 0 Å². The quantitative estimate of drug-likeness (QED) is 0.169. The number of anilines is 3. The summed E-state index contributed by atoms with van der Waals surface area (Å²) in [5, 5.41) is 2.50. The highest BCUT2D eigenvalue weighted by Gasteiger charge is 2.49. The normalized spacial score (nSPS) is 15.4. The van der Waals surface area contributed by atoms with Gasteiger partial charge in [-0.15, -0.1) is 0 Å². The van der Waals surface area contributed by atoms with Crippen LogP contribution in [0.2, 0.25) is 0 Å². The van der Waals surface area contributed by atoms with Gasteiger partial charge in [-0.25, -0.2) is 0 Å². The molecule has 9 aromatic carbocycles. The van der Waals surface area contributed by atoms with Gasteiger partial charge in [0.25, 0.3) is 0 Å². The Morgan fingerprint density at radius 2 is 0.867 bits per heavy atom. The highest BCUT2D eigenvalue weighted by Crippen LogP contribution is 2.63. The van der Waals surface area contributed by atoms with E-state index in [2.05, 4.69) is 233 Å². The first-order valence-corrected chi connectivity index (χ1v) is 21.4. The van der Waals surface area contributed by atoms with Gasteiger partial charge < -0.3 is 4.90 Å². The SMILES string of the molecule is CC1(C)c2ccccc2-c2ccc(N(c3cccc4c3-c3ccccc3C4(C)C)c3cc4ccccc4c4c3-c3ccccc3C4(c3ccccc3)c3ccccc3)cc21. The van der Waals surface area contributed by atoms with Crippen molar-refractivity contribution in [2.45, 2.75) is 43.9 Å². The van der Waals surface area contributed by atoms with Crippen molar-refractivity contribution in [2.24, 2.45) is 0 Å². The molecule has 3 aliphatic carbocycles. The first-order chi connectivity index (χ1) is 29.3. The van der Waals surface area contributed by atoms with E-state index in [9.17, 15) is 0 Å². The maximum absolute atomic E-state index is 2.63. The molecule has 0 heterocycles. The van der Waals surface area contributed by atoms with Gasteiger partial charge >= 0.3 is 0 Å². The van der Waals surface area contributed by atoms with Crippen molar-refractivity contribution >= 4 is 27.8 Å². The number of fused-ring (bicyclic) bond motifs is 11. The van der Waals surface area contributed by atoms with E-state index in [4.69, 9.17) is 0 Å². The third-order valence-electron chi connectivity index (χ3n) is 14.3. The van der Waals surface area contributed by atoms with Gasteiger partial charge in [0.1, 0.15) is 0 Å². The molecule has 0 N–H and O–H groups in total. The van der Waals surface area contributed by atoms with E-state index < -0.39 is 5.41 Å². The van der Waals surface area contributed by atoms with E-state index in [0.717, 1.165) is 5.69 Å². The molecule has 0 spiro atoms. The van der Waals surface area contributed by atoms with Crippen molar-refractivity contribution in [3.8, 4) is 33.4 Å². The Bertz CT molecular complexity index is 3160. The minimum Gasteiger partial charge on any atom is -0.309 e. The van der Waals surface area contributed by atoms with Crippen molar-refractivity contribution in [3.05, 3.63) is 245 Å². The van der Waals surface area contributed by atoms with Crippen LogP contribution in [0.1, 0.15) is 72.2 Å². The topological polar surface area (TPSA) is 3.24 Å². The van der Waals surface area contributed by atoms with E-state index in [1.807, 2.05) is 0 Å². The molecular formula is C59H45N. The Hall–Kier alpha value is -6.96. The van der Waals surface area contributed by atoms with Crippen LogP contribution in [0.3, 0.4) is 0 Å². The molecule has 0 bridgehead atoms. The predicted molar refractivity (Wildman–Crippen MR) is 251 cm³/mol. The summed E-state index contributed by atoms with van der Waals surface area (Å²) < 4.78 is 0. The van der Waals surface area contributed by atoms with Crippen LogP contribution in [0.4, 0.5) is 17.1 Å². The molecule has 9 aromatic rings. The molecule has 1 heteroatoms. The highest BCUT2D eigenvalue weighted by molar-refractivity contribution is 6.09. The highest BCUT2D eigenvalue weighted by atomic mass is 15.1. The number of benzene rings is 9. The lowest BCUT2D eigenvalue weighted by Crippen LogP contribution is -2.29. The fourth-order valence-electron chi connectivity index (χ4n) is 11.6. The molecule has 3 aliphatic rings. The summed E-state index contributed by atoms with van der Waals surface area (Å²) >= 11 is 0. The second-order valence-electron chi connectivity index (χ2n) is 18.0. The van der Waals surface area contributed by atoms with Crippen LogP contribution >= 0.6 is 0 Å². The standard InChI is InChI=1S/C59H45N/c1-57(2)48-30-17-14-27-45(48)54-50(57)32-19-33-52(54)60(41-34-35-44-43-26-13-16-29-47(43)58(3,4)51(44)37-41)53-36-38-20-11-12-25-42(38)56-55(53)46-28-15-18-31-49(46)59(56,39-21-7-5-8-22-39)40-23-9-6-10-24-40/h5-37H,1-4H3. The van der Waals surface area contributed by atoms with Crippen LogP contribution in [-0.4, -0.2) is 0 Å². The van der Waals surface area contributed by atoms with Gasteiger partial charge in [0.05, 0.1) is 16.8 Å². The van der Waals surface area contributed by atoms with Crippen molar-refractivity contribution in [2.75, 3.05) is 4.90 Å². The van der Waals surface area contributed by atoms with E-state index in [-0.39, 0.29) is 10.8 Å². The Labute approximate surface area is 353 Å². The lowest BCUT2D eigenvalue weighted by Gasteiger charge is -2.36. The molecule has 12 rings (SSSR count). The summed E-state index contributed by atoms with van der Waals surface area (Å²) in [4.78, 5) is 2.63. The van der Waals surface area contributed by atoms with Crippen molar-refractivity contribution < 1.29 is 0 Å². The van der Waals surface area contributed by atoms with Gasteiger partial charge in [0.2, 0.25) is 0 Å². The maximum atomic E-state index is 2.63. The zero-order chi connectivity index (χ0) is 40.4.